The minimum atomic E-state index is -0.309. The number of benzene rings is 2. The molecule has 1 aliphatic heterocycles. The van der Waals surface area contributed by atoms with Crippen LogP contribution in [0.2, 0.25) is 0 Å². The Bertz CT molecular complexity index is 933. The topological polar surface area (TPSA) is 27.7 Å². The molecular weight excluding hydrogens is 384 g/mol. The molecule has 4 aliphatic rings. The van der Waals surface area contributed by atoms with Gasteiger partial charge in [0.1, 0.15) is 12.4 Å². The molecule has 0 amide bonds. The van der Waals surface area contributed by atoms with E-state index in [9.17, 15) is 0 Å². The summed E-state index contributed by atoms with van der Waals surface area (Å²) in [5, 5.41) is 0. The fourth-order valence-electron chi connectivity index (χ4n) is 7.39. The standard InChI is InChI=1S/C28H34O3/c1-27-14-12-24-23-11-9-22(29-19-20-6-3-2-4-7-20)18-21(23)8-10-25(24)26(27)13-15-28(27)30-16-5-17-31-28/h2-4,6-7,9,11,18,24-26H,5,8,10,12-17,19H2,1H3/t24?,25?,26?,27-/m0/s1. The van der Waals surface area contributed by atoms with Crippen LogP contribution in [0, 0.1) is 17.3 Å². The number of fused-ring (bicyclic) bond motifs is 6. The Balaban J connectivity index is 1.21. The van der Waals surface area contributed by atoms with Crippen molar-refractivity contribution in [2.75, 3.05) is 13.2 Å². The van der Waals surface area contributed by atoms with Gasteiger partial charge in [-0.2, -0.15) is 0 Å². The van der Waals surface area contributed by atoms with Gasteiger partial charge in [-0.05, 0) is 85.1 Å². The summed E-state index contributed by atoms with van der Waals surface area (Å²) >= 11 is 0. The van der Waals surface area contributed by atoms with Crippen molar-refractivity contribution in [2.45, 2.75) is 70.2 Å². The maximum absolute atomic E-state index is 6.39. The first kappa shape index (κ1) is 19.8. The van der Waals surface area contributed by atoms with Gasteiger partial charge in [-0.15, -0.1) is 0 Å². The van der Waals surface area contributed by atoms with E-state index in [0.717, 1.165) is 37.7 Å². The van der Waals surface area contributed by atoms with Gasteiger partial charge in [-0.1, -0.05) is 43.3 Å². The second-order valence-corrected chi connectivity index (χ2v) is 10.3. The van der Waals surface area contributed by atoms with Gasteiger partial charge in [0.25, 0.3) is 0 Å². The average Bonchev–Trinajstić information content (AvgIpc) is 3.10. The lowest BCUT2D eigenvalue weighted by Crippen LogP contribution is -2.55. The highest BCUT2D eigenvalue weighted by Crippen LogP contribution is 2.66. The number of hydrogen-bond donors (Lipinski definition) is 0. The fraction of sp³-hybridized carbons (Fsp3) is 0.571. The highest BCUT2D eigenvalue weighted by molar-refractivity contribution is 5.41. The van der Waals surface area contributed by atoms with E-state index in [4.69, 9.17) is 14.2 Å². The van der Waals surface area contributed by atoms with E-state index in [2.05, 4.69) is 49.4 Å². The van der Waals surface area contributed by atoms with Gasteiger partial charge in [0.05, 0.1) is 13.2 Å². The Morgan fingerprint density at radius 1 is 0.968 bits per heavy atom. The molecule has 2 saturated carbocycles. The van der Waals surface area contributed by atoms with Gasteiger partial charge in [-0.3, -0.25) is 0 Å². The van der Waals surface area contributed by atoms with Crippen LogP contribution in [0.4, 0.5) is 0 Å². The zero-order valence-electron chi connectivity index (χ0n) is 18.6. The zero-order valence-corrected chi connectivity index (χ0v) is 18.6. The van der Waals surface area contributed by atoms with Crippen LogP contribution in [0.25, 0.3) is 0 Å². The molecule has 3 nitrogen and oxygen atoms in total. The third-order valence-electron chi connectivity index (χ3n) is 8.95. The quantitative estimate of drug-likeness (QED) is 0.589. The number of hydrogen-bond acceptors (Lipinski definition) is 3. The monoisotopic (exact) mass is 418 g/mol. The van der Waals surface area contributed by atoms with Crippen LogP contribution in [0.1, 0.15) is 68.1 Å². The molecule has 0 radical (unpaired) electrons. The lowest BCUT2D eigenvalue weighted by molar-refractivity contribution is -0.320. The molecule has 0 aromatic heterocycles. The van der Waals surface area contributed by atoms with Crippen LogP contribution in [0.5, 0.6) is 5.75 Å². The van der Waals surface area contributed by atoms with E-state index in [1.165, 1.54) is 43.2 Å². The van der Waals surface area contributed by atoms with Crippen molar-refractivity contribution >= 4 is 0 Å². The second kappa shape index (κ2) is 7.64. The van der Waals surface area contributed by atoms with Crippen molar-refractivity contribution in [1.82, 2.24) is 0 Å². The van der Waals surface area contributed by atoms with Crippen molar-refractivity contribution in [1.29, 1.82) is 0 Å². The SMILES string of the molecule is C[C@]12CCC3c4ccc(OCc5ccccc5)cc4CCC3C1CCC21OCCCO1. The molecule has 0 N–H and O–H groups in total. The minimum absolute atomic E-state index is 0.171. The summed E-state index contributed by atoms with van der Waals surface area (Å²) in [4.78, 5) is 0. The van der Waals surface area contributed by atoms with Crippen molar-refractivity contribution in [3.8, 4) is 5.75 Å². The third kappa shape index (κ3) is 3.15. The van der Waals surface area contributed by atoms with Crippen molar-refractivity contribution < 1.29 is 14.2 Å². The Labute approximate surface area is 186 Å². The van der Waals surface area contributed by atoms with Gasteiger partial charge < -0.3 is 14.2 Å². The molecule has 31 heavy (non-hydrogen) atoms. The Kier molecular flexibility index (Phi) is 4.88. The van der Waals surface area contributed by atoms with Gasteiger partial charge in [0.15, 0.2) is 5.79 Å². The molecule has 2 aromatic rings. The molecule has 164 valence electrons. The van der Waals surface area contributed by atoms with Crippen LogP contribution >= 0.6 is 0 Å². The second-order valence-electron chi connectivity index (χ2n) is 10.3. The van der Waals surface area contributed by atoms with E-state index >= 15 is 0 Å². The highest BCUT2D eigenvalue weighted by atomic mass is 16.7. The molecule has 2 aromatic carbocycles. The van der Waals surface area contributed by atoms with Crippen molar-refractivity contribution in [3.05, 3.63) is 65.2 Å². The number of ether oxygens (including phenoxy) is 3. The van der Waals surface area contributed by atoms with Crippen LogP contribution in [-0.4, -0.2) is 19.0 Å². The molecule has 4 atom stereocenters. The maximum Gasteiger partial charge on any atom is 0.173 e. The lowest BCUT2D eigenvalue weighted by atomic mass is 9.54. The number of aryl methyl sites for hydroxylation is 1. The maximum atomic E-state index is 6.39. The van der Waals surface area contributed by atoms with E-state index in [1.807, 2.05) is 6.07 Å². The van der Waals surface area contributed by atoms with Crippen LogP contribution < -0.4 is 4.74 Å². The molecule has 1 spiro atoms. The van der Waals surface area contributed by atoms with Gasteiger partial charge in [0.2, 0.25) is 0 Å². The molecule has 3 fully saturated rings. The largest absolute Gasteiger partial charge is 0.489 e. The molecule has 0 bridgehead atoms. The van der Waals surface area contributed by atoms with E-state index < -0.39 is 0 Å². The fourth-order valence-corrected chi connectivity index (χ4v) is 7.39. The van der Waals surface area contributed by atoms with Crippen LogP contribution in [0.15, 0.2) is 48.5 Å². The average molecular weight is 419 g/mol. The summed E-state index contributed by atoms with van der Waals surface area (Å²) in [5.74, 6) is 2.85. The van der Waals surface area contributed by atoms with Crippen molar-refractivity contribution in [2.24, 2.45) is 17.3 Å². The highest BCUT2D eigenvalue weighted by Gasteiger charge is 2.64. The van der Waals surface area contributed by atoms with Crippen LogP contribution in [-0.2, 0) is 22.5 Å². The van der Waals surface area contributed by atoms with Gasteiger partial charge in [0, 0.05) is 11.8 Å². The summed E-state index contributed by atoms with van der Waals surface area (Å²) in [5.41, 5.74) is 4.48. The van der Waals surface area contributed by atoms with E-state index in [0.29, 0.717) is 18.4 Å². The van der Waals surface area contributed by atoms with E-state index in [1.54, 1.807) is 5.56 Å². The first-order valence-electron chi connectivity index (χ1n) is 12.3. The van der Waals surface area contributed by atoms with Gasteiger partial charge in [-0.25, -0.2) is 0 Å². The number of rotatable bonds is 3. The van der Waals surface area contributed by atoms with Crippen molar-refractivity contribution in [3.63, 3.8) is 0 Å². The molecule has 3 unspecified atom stereocenters. The first-order valence-corrected chi connectivity index (χ1v) is 12.3. The third-order valence-corrected chi connectivity index (χ3v) is 8.95. The van der Waals surface area contributed by atoms with Gasteiger partial charge >= 0.3 is 0 Å². The smallest absolute Gasteiger partial charge is 0.173 e. The lowest BCUT2D eigenvalue weighted by Gasteiger charge is -2.55. The molecule has 3 aliphatic carbocycles. The summed E-state index contributed by atoms with van der Waals surface area (Å²) in [7, 11) is 0. The first-order chi connectivity index (χ1) is 15.2. The molecule has 6 rings (SSSR count). The molecule has 1 heterocycles. The normalized spacial score (nSPS) is 33.4. The minimum Gasteiger partial charge on any atom is -0.489 e. The Hall–Kier alpha value is -1.84. The van der Waals surface area contributed by atoms with Crippen LogP contribution in [0.3, 0.4) is 0 Å². The van der Waals surface area contributed by atoms with E-state index in [-0.39, 0.29) is 11.2 Å². The predicted molar refractivity (Wildman–Crippen MR) is 121 cm³/mol. The Morgan fingerprint density at radius 2 is 1.81 bits per heavy atom. The Morgan fingerprint density at radius 3 is 2.65 bits per heavy atom. The predicted octanol–water partition coefficient (Wildman–Crippen LogP) is 6.25. The summed E-state index contributed by atoms with van der Waals surface area (Å²) < 4.78 is 18.9. The summed E-state index contributed by atoms with van der Waals surface area (Å²) in [6, 6.07) is 17.3. The summed E-state index contributed by atoms with van der Waals surface area (Å²) in [6.45, 7) is 4.84. The molecule has 3 heteroatoms. The molecule has 1 saturated heterocycles. The summed E-state index contributed by atoms with van der Waals surface area (Å²) in [6.07, 6.45) is 8.29. The zero-order chi connectivity index (χ0) is 20.9. The molecular formula is C28H34O3.